The van der Waals surface area contributed by atoms with Crippen molar-refractivity contribution in [2.24, 2.45) is 0 Å². The van der Waals surface area contributed by atoms with Crippen molar-refractivity contribution in [3.05, 3.63) is 65.7 Å². The molecule has 0 aliphatic heterocycles. The SMILES string of the molecule is CCC(C)c1ccc(-c2cc(C(=O)OCC(=O)NC)c3ccccc3n2)cc1. The number of esters is 1. The molecule has 144 valence electrons. The Kier molecular flexibility index (Phi) is 6.04. The summed E-state index contributed by atoms with van der Waals surface area (Å²) < 4.78 is 5.17. The number of nitrogens with one attached hydrogen (secondary N) is 1. The average Bonchev–Trinajstić information content (AvgIpc) is 2.75. The van der Waals surface area contributed by atoms with Gasteiger partial charge in [-0.1, -0.05) is 56.3 Å². The molecule has 1 N–H and O–H groups in total. The molecule has 1 aromatic heterocycles. The molecular weight excluding hydrogens is 352 g/mol. The highest BCUT2D eigenvalue weighted by Crippen LogP contribution is 2.27. The second kappa shape index (κ2) is 8.65. The molecule has 3 aromatic rings. The van der Waals surface area contributed by atoms with E-state index in [0.717, 1.165) is 12.0 Å². The number of para-hydroxylation sites is 1. The number of amides is 1. The lowest BCUT2D eigenvalue weighted by atomic mass is 9.96. The van der Waals surface area contributed by atoms with E-state index in [-0.39, 0.29) is 12.5 Å². The first-order valence-electron chi connectivity index (χ1n) is 9.41. The van der Waals surface area contributed by atoms with E-state index in [1.807, 2.05) is 36.4 Å². The normalized spacial score (nSPS) is 11.8. The number of hydrogen-bond donors (Lipinski definition) is 1. The zero-order valence-corrected chi connectivity index (χ0v) is 16.4. The number of fused-ring (bicyclic) bond motifs is 1. The summed E-state index contributed by atoms with van der Waals surface area (Å²) in [6.45, 7) is 4.05. The lowest BCUT2D eigenvalue weighted by Gasteiger charge is -2.12. The van der Waals surface area contributed by atoms with Gasteiger partial charge < -0.3 is 10.1 Å². The van der Waals surface area contributed by atoms with Crippen LogP contribution in [-0.2, 0) is 9.53 Å². The maximum Gasteiger partial charge on any atom is 0.339 e. The summed E-state index contributed by atoms with van der Waals surface area (Å²) in [5.74, 6) is -0.402. The monoisotopic (exact) mass is 376 g/mol. The van der Waals surface area contributed by atoms with Crippen molar-refractivity contribution in [3.63, 3.8) is 0 Å². The third-order valence-electron chi connectivity index (χ3n) is 4.94. The van der Waals surface area contributed by atoms with Gasteiger partial charge in [-0.15, -0.1) is 0 Å². The van der Waals surface area contributed by atoms with Crippen LogP contribution in [0.15, 0.2) is 54.6 Å². The van der Waals surface area contributed by atoms with Crippen molar-refractivity contribution in [1.29, 1.82) is 0 Å². The number of ether oxygens (including phenoxy) is 1. The highest BCUT2D eigenvalue weighted by molar-refractivity contribution is 6.05. The summed E-state index contributed by atoms with van der Waals surface area (Å²) in [4.78, 5) is 28.7. The van der Waals surface area contributed by atoms with Gasteiger partial charge in [-0.2, -0.15) is 0 Å². The van der Waals surface area contributed by atoms with Crippen LogP contribution in [0.3, 0.4) is 0 Å². The zero-order valence-electron chi connectivity index (χ0n) is 16.4. The van der Waals surface area contributed by atoms with Crippen LogP contribution in [-0.4, -0.2) is 30.5 Å². The van der Waals surface area contributed by atoms with Gasteiger partial charge >= 0.3 is 5.97 Å². The zero-order chi connectivity index (χ0) is 20.1. The minimum atomic E-state index is -0.542. The quantitative estimate of drug-likeness (QED) is 0.651. The van der Waals surface area contributed by atoms with Gasteiger partial charge in [0.1, 0.15) is 0 Å². The lowest BCUT2D eigenvalue weighted by Crippen LogP contribution is -2.25. The van der Waals surface area contributed by atoms with E-state index in [9.17, 15) is 9.59 Å². The Bertz CT molecular complexity index is 996. The molecular formula is C23H24N2O3. The van der Waals surface area contributed by atoms with Gasteiger partial charge in [0.2, 0.25) is 0 Å². The maximum atomic E-state index is 12.6. The molecule has 0 spiro atoms. The van der Waals surface area contributed by atoms with Gasteiger partial charge in [-0.05, 0) is 30.0 Å². The van der Waals surface area contributed by atoms with Gasteiger partial charge in [0, 0.05) is 18.0 Å². The van der Waals surface area contributed by atoms with E-state index in [2.05, 4.69) is 31.3 Å². The summed E-state index contributed by atoms with van der Waals surface area (Å²) in [5.41, 5.74) is 4.00. The molecule has 3 rings (SSSR count). The van der Waals surface area contributed by atoms with Crippen LogP contribution >= 0.6 is 0 Å². The maximum absolute atomic E-state index is 12.6. The minimum Gasteiger partial charge on any atom is -0.452 e. The summed E-state index contributed by atoms with van der Waals surface area (Å²) in [6.07, 6.45) is 1.08. The third kappa shape index (κ3) is 4.19. The number of pyridine rings is 1. The molecule has 5 nitrogen and oxygen atoms in total. The van der Waals surface area contributed by atoms with Crippen molar-refractivity contribution in [2.45, 2.75) is 26.2 Å². The van der Waals surface area contributed by atoms with Crippen LogP contribution in [0.5, 0.6) is 0 Å². The van der Waals surface area contributed by atoms with E-state index in [1.54, 1.807) is 6.07 Å². The number of nitrogens with zero attached hydrogens (tertiary/aromatic N) is 1. The molecule has 0 radical (unpaired) electrons. The van der Waals surface area contributed by atoms with E-state index >= 15 is 0 Å². The first-order chi connectivity index (χ1) is 13.5. The van der Waals surface area contributed by atoms with Crippen molar-refractivity contribution >= 4 is 22.8 Å². The summed E-state index contributed by atoms with van der Waals surface area (Å²) in [5, 5.41) is 3.14. The summed E-state index contributed by atoms with van der Waals surface area (Å²) in [7, 11) is 1.50. The molecule has 0 bridgehead atoms. The number of carbonyl (C=O) groups excluding carboxylic acids is 2. The van der Waals surface area contributed by atoms with Crippen LogP contribution in [0.4, 0.5) is 0 Å². The van der Waals surface area contributed by atoms with Gasteiger partial charge in [0.25, 0.3) is 5.91 Å². The van der Waals surface area contributed by atoms with E-state index in [1.165, 1.54) is 12.6 Å². The van der Waals surface area contributed by atoms with Gasteiger partial charge in [0.15, 0.2) is 6.61 Å². The largest absolute Gasteiger partial charge is 0.452 e. The van der Waals surface area contributed by atoms with Gasteiger partial charge in [-0.3, -0.25) is 4.79 Å². The van der Waals surface area contributed by atoms with E-state index < -0.39 is 5.97 Å². The van der Waals surface area contributed by atoms with E-state index in [0.29, 0.717) is 28.1 Å². The lowest BCUT2D eigenvalue weighted by molar-refractivity contribution is -0.123. The van der Waals surface area contributed by atoms with Crippen molar-refractivity contribution < 1.29 is 14.3 Å². The average molecular weight is 376 g/mol. The fraction of sp³-hybridized carbons (Fsp3) is 0.261. The predicted octanol–water partition coefficient (Wildman–Crippen LogP) is 4.32. The second-order valence-corrected chi connectivity index (χ2v) is 6.75. The van der Waals surface area contributed by atoms with Gasteiger partial charge in [0.05, 0.1) is 16.8 Å². The first-order valence-corrected chi connectivity index (χ1v) is 9.41. The molecule has 1 atom stereocenters. The smallest absolute Gasteiger partial charge is 0.339 e. The van der Waals surface area contributed by atoms with Crippen molar-refractivity contribution in [1.82, 2.24) is 10.3 Å². The Balaban J connectivity index is 2.00. The molecule has 0 aliphatic rings. The Morgan fingerprint density at radius 1 is 1.11 bits per heavy atom. The van der Waals surface area contributed by atoms with Gasteiger partial charge in [-0.25, -0.2) is 9.78 Å². The standard InChI is InChI=1S/C23H24N2O3/c1-4-15(2)16-9-11-17(12-10-16)21-13-19(23(27)28-14-22(26)24-3)18-7-5-6-8-20(18)25-21/h5-13,15H,4,14H2,1-3H3,(H,24,26). The fourth-order valence-corrected chi connectivity index (χ4v) is 2.99. The minimum absolute atomic E-state index is 0.315. The number of benzene rings is 2. The molecule has 0 aliphatic carbocycles. The van der Waals surface area contributed by atoms with Crippen LogP contribution in [0, 0.1) is 0 Å². The first kappa shape index (κ1) is 19.5. The molecule has 0 saturated heterocycles. The summed E-state index contributed by atoms with van der Waals surface area (Å²) in [6, 6.07) is 17.4. The number of rotatable bonds is 6. The van der Waals surface area contributed by atoms with Crippen molar-refractivity contribution in [2.75, 3.05) is 13.7 Å². The second-order valence-electron chi connectivity index (χ2n) is 6.75. The fourth-order valence-electron chi connectivity index (χ4n) is 2.99. The number of hydrogen-bond acceptors (Lipinski definition) is 4. The molecule has 2 aromatic carbocycles. The molecule has 0 saturated carbocycles. The topological polar surface area (TPSA) is 68.3 Å². The third-order valence-corrected chi connectivity index (χ3v) is 4.94. The Labute approximate surface area is 164 Å². The summed E-state index contributed by atoms with van der Waals surface area (Å²) >= 11 is 0. The molecule has 5 heteroatoms. The van der Waals surface area contributed by atoms with Crippen LogP contribution in [0.25, 0.3) is 22.2 Å². The number of carbonyl (C=O) groups is 2. The van der Waals surface area contributed by atoms with Crippen LogP contribution in [0.2, 0.25) is 0 Å². The molecule has 1 amide bonds. The molecule has 0 fully saturated rings. The van der Waals surface area contributed by atoms with E-state index in [4.69, 9.17) is 9.72 Å². The highest BCUT2D eigenvalue weighted by atomic mass is 16.5. The van der Waals surface area contributed by atoms with Crippen LogP contribution in [0.1, 0.15) is 42.1 Å². The molecule has 28 heavy (non-hydrogen) atoms. The number of aromatic nitrogens is 1. The van der Waals surface area contributed by atoms with Crippen molar-refractivity contribution in [3.8, 4) is 11.3 Å². The highest BCUT2D eigenvalue weighted by Gasteiger charge is 2.16. The Hall–Kier alpha value is -3.21. The molecule has 1 heterocycles. The predicted molar refractivity (Wildman–Crippen MR) is 110 cm³/mol. The Morgan fingerprint density at radius 2 is 1.82 bits per heavy atom. The molecule has 1 unspecified atom stereocenters. The number of likely N-dealkylation sites (N-methyl/N-ethyl adjacent to an activating group) is 1. The van der Waals surface area contributed by atoms with Crippen LogP contribution < -0.4 is 5.32 Å². The Morgan fingerprint density at radius 3 is 2.50 bits per heavy atom.